The Hall–Kier alpha value is -1.79. The number of benzene rings is 1. The molecule has 0 aliphatic carbocycles. The summed E-state index contributed by atoms with van der Waals surface area (Å²) in [5, 5.41) is 5.49. The molecule has 22 heavy (non-hydrogen) atoms. The molecule has 1 atom stereocenters. The Morgan fingerprint density at radius 3 is 3.18 bits per heavy atom. The highest BCUT2D eigenvalue weighted by Gasteiger charge is 2.17. The first-order valence-electron chi connectivity index (χ1n) is 7.25. The van der Waals surface area contributed by atoms with Crippen molar-refractivity contribution < 1.29 is 13.9 Å². The Morgan fingerprint density at radius 2 is 2.41 bits per heavy atom. The number of hydrogen-bond donors (Lipinski definition) is 1. The van der Waals surface area contributed by atoms with E-state index < -0.39 is 0 Å². The zero-order valence-corrected chi connectivity index (χ0v) is 12.9. The van der Waals surface area contributed by atoms with Crippen LogP contribution in [0, 0.1) is 11.7 Å². The maximum absolute atomic E-state index is 13.2. The van der Waals surface area contributed by atoms with Crippen molar-refractivity contribution in [2.45, 2.75) is 12.8 Å². The standard InChI is InChI=1S/C16H17FN2O2S/c17-13-3-1-2-12(6-13)16-19-14(10-22-16)7-15(20)18-8-11-4-5-21-9-11/h1-3,6,10-11H,4-5,7-9H2,(H,18,20)/t11-/m0/s1. The van der Waals surface area contributed by atoms with Gasteiger partial charge in [-0.05, 0) is 18.6 Å². The molecule has 0 spiro atoms. The van der Waals surface area contributed by atoms with Crippen molar-refractivity contribution in [3.63, 3.8) is 0 Å². The number of rotatable bonds is 5. The van der Waals surface area contributed by atoms with Gasteiger partial charge in [-0.15, -0.1) is 11.3 Å². The minimum Gasteiger partial charge on any atom is -0.381 e. The van der Waals surface area contributed by atoms with Crippen LogP contribution in [0.15, 0.2) is 29.6 Å². The highest BCUT2D eigenvalue weighted by atomic mass is 32.1. The first kappa shape index (κ1) is 15.1. The van der Waals surface area contributed by atoms with E-state index in [2.05, 4.69) is 10.3 Å². The van der Waals surface area contributed by atoms with Gasteiger partial charge in [0.2, 0.25) is 5.91 Å². The molecule has 0 radical (unpaired) electrons. The second kappa shape index (κ2) is 6.98. The molecule has 2 aromatic rings. The van der Waals surface area contributed by atoms with Crippen molar-refractivity contribution in [1.29, 1.82) is 0 Å². The molecule has 6 heteroatoms. The third kappa shape index (κ3) is 3.90. The summed E-state index contributed by atoms with van der Waals surface area (Å²) in [6.45, 7) is 2.16. The van der Waals surface area contributed by atoms with Gasteiger partial charge in [-0.25, -0.2) is 9.37 Å². The Kier molecular flexibility index (Phi) is 4.80. The van der Waals surface area contributed by atoms with Gasteiger partial charge in [0.15, 0.2) is 0 Å². The van der Waals surface area contributed by atoms with E-state index in [9.17, 15) is 9.18 Å². The van der Waals surface area contributed by atoms with Crippen molar-refractivity contribution in [3.05, 3.63) is 41.2 Å². The molecule has 4 nitrogen and oxygen atoms in total. The van der Waals surface area contributed by atoms with Crippen LogP contribution in [0.1, 0.15) is 12.1 Å². The van der Waals surface area contributed by atoms with E-state index in [0.717, 1.165) is 30.2 Å². The minimum absolute atomic E-state index is 0.0389. The number of amides is 1. The number of hydrogen-bond acceptors (Lipinski definition) is 4. The molecule has 0 bridgehead atoms. The van der Waals surface area contributed by atoms with Gasteiger partial charge in [0.05, 0.1) is 18.7 Å². The summed E-state index contributed by atoms with van der Waals surface area (Å²) in [6, 6.07) is 6.31. The van der Waals surface area contributed by atoms with Crippen LogP contribution >= 0.6 is 11.3 Å². The van der Waals surface area contributed by atoms with Gasteiger partial charge in [-0.3, -0.25) is 4.79 Å². The fourth-order valence-electron chi connectivity index (χ4n) is 2.37. The van der Waals surface area contributed by atoms with E-state index in [1.54, 1.807) is 6.07 Å². The van der Waals surface area contributed by atoms with Crippen LogP contribution in [-0.4, -0.2) is 30.6 Å². The molecule has 1 fully saturated rings. The van der Waals surface area contributed by atoms with E-state index in [4.69, 9.17) is 4.74 Å². The fourth-order valence-corrected chi connectivity index (χ4v) is 3.19. The molecule has 1 aliphatic rings. The van der Waals surface area contributed by atoms with Crippen molar-refractivity contribution in [2.75, 3.05) is 19.8 Å². The van der Waals surface area contributed by atoms with E-state index in [1.807, 2.05) is 11.4 Å². The lowest BCUT2D eigenvalue weighted by atomic mass is 10.1. The van der Waals surface area contributed by atoms with Gasteiger partial charge < -0.3 is 10.1 Å². The average molecular weight is 320 g/mol. The number of carbonyl (C=O) groups is 1. The summed E-state index contributed by atoms with van der Waals surface area (Å²) >= 11 is 1.42. The van der Waals surface area contributed by atoms with Gasteiger partial charge in [0.1, 0.15) is 10.8 Å². The molecule has 1 aliphatic heterocycles. The molecule has 0 unspecified atom stereocenters. The summed E-state index contributed by atoms with van der Waals surface area (Å²) in [4.78, 5) is 16.3. The van der Waals surface area contributed by atoms with Crippen LogP contribution in [-0.2, 0) is 16.0 Å². The number of thiazole rings is 1. The molecule has 1 aromatic carbocycles. The topological polar surface area (TPSA) is 51.2 Å². The number of carbonyl (C=O) groups excluding carboxylic acids is 1. The fraction of sp³-hybridized carbons (Fsp3) is 0.375. The SMILES string of the molecule is O=C(Cc1csc(-c2cccc(F)c2)n1)NC[C@@H]1CCOC1. The normalized spacial score (nSPS) is 17.6. The highest BCUT2D eigenvalue weighted by molar-refractivity contribution is 7.13. The molecule has 0 saturated carbocycles. The Balaban J connectivity index is 1.55. The molecule has 2 heterocycles. The highest BCUT2D eigenvalue weighted by Crippen LogP contribution is 2.24. The van der Waals surface area contributed by atoms with Gasteiger partial charge in [0, 0.05) is 30.0 Å². The van der Waals surface area contributed by atoms with Crippen molar-refractivity contribution in [3.8, 4) is 10.6 Å². The predicted octanol–water partition coefficient (Wildman–Crippen LogP) is 2.64. The molecule has 1 saturated heterocycles. The van der Waals surface area contributed by atoms with E-state index in [-0.39, 0.29) is 18.1 Å². The Morgan fingerprint density at radius 1 is 1.50 bits per heavy atom. The van der Waals surface area contributed by atoms with Crippen molar-refractivity contribution >= 4 is 17.2 Å². The van der Waals surface area contributed by atoms with Gasteiger partial charge in [-0.1, -0.05) is 12.1 Å². The van der Waals surface area contributed by atoms with Crippen LogP contribution in [0.2, 0.25) is 0 Å². The van der Waals surface area contributed by atoms with E-state index >= 15 is 0 Å². The van der Waals surface area contributed by atoms with Crippen molar-refractivity contribution in [2.24, 2.45) is 5.92 Å². The first-order chi connectivity index (χ1) is 10.7. The number of nitrogens with zero attached hydrogens (tertiary/aromatic N) is 1. The maximum atomic E-state index is 13.2. The maximum Gasteiger partial charge on any atom is 0.226 e. The number of halogens is 1. The molecule has 1 amide bonds. The van der Waals surface area contributed by atoms with Crippen molar-refractivity contribution in [1.82, 2.24) is 10.3 Å². The van der Waals surface area contributed by atoms with Crippen LogP contribution in [0.5, 0.6) is 0 Å². The second-order valence-electron chi connectivity index (χ2n) is 5.36. The molecule has 1 N–H and O–H groups in total. The minimum atomic E-state index is -0.286. The Labute approximate surface area is 132 Å². The van der Waals surface area contributed by atoms with Gasteiger partial charge in [0.25, 0.3) is 0 Å². The number of nitrogens with one attached hydrogen (secondary N) is 1. The number of ether oxygens (including phenoxy) is 1. The smallest absolute Gasteiger partial charge is 0.226 e. The summed E-state index contributed by atoms with van der Waals surface area (Å²) in [7, 11) is 0. The third-order valence-electron chi connectivity index (χ3n) is 3.58. The molecular formula is C16H17FN2O2S. The van der Waals surface area contributed by atoms with Crippen LogP contribution < -0.4 is 5.32 Å². The third-order valence-corrected chi connectivity index (χ3v) is 4.52. The van der Waals surface area contributed by atoms with Crippen LogP contribution in [0.4, 0.5) is 4.39 Å². The lowest BCUT2D eigenvalue weighted by Crippen LogP contribution is -2.30. The molecule has 1 aromatic heterocycles. The lowest BCUT2D eigenvalue weighted by Gasteiger charge is -2.08. The monoisotopic (exact) mass is 320 g/mol. The zero-order valence-electron chi connectivity index (χ0n) is 12.0. The van der Waals surface area contributed by atoms with E-state index in [0.29, 0.717) is 18.2 Å². The van der Waals surface area contributed by atoms with Gasteiger partial charge >= 0.3 is 0 Å². The predicted molar refractivity (Wildman–Crippen MR) is 83.1 cm³/mol. The molecule has 116 valence electrons. The van der Waals surface area contributed by atoms with E-state index in [1.165, 1.54) is 23.5 Å². The summed E-state index contributed by atoms with van der Waals surface area (Å²) in [5.74, 6) is 0.0935. The van der Waals surface area contributed by atoms with Crippen LogP contribution in [0.3, 0.4) is 0 Å². The zero-order chi connectivity index (χ0) is 15.4. The number of aromatic nitrogens is 1. The lowest BCUT2D eigenvalue weighted by molar-refractivity contribution is -0.120. The van der Waals surface area contributed by atoms with Crippen LogP contribution in [0.25, 0.3) is 10.6 Å². The summed E-state index contributed by atoms with van der Waals surface area (Å²) < 4.78 is 18.5. The first-order valence-corrected chi connectivity index (χ1v) is 8.13. The average Bonchev–Trinajstić information content (AvgIpc) is 3.16. The summed E-state index contributed by atoms with van der Waals surface area (Å²) in [5.41, 5.74) is 1.45. The largest absolute Gasteiger partial charge is 0.381 e. The Bertz CT molecular complexity index is 653. The van der Waals surface area contributed by atoms with Gasteiger partial charge in [-0.2, -0.15) is 0 Å². The second-order valence-corrected chi connectivity index (χ2v) is 6.22. The quantitative estimate of drug-likeness (QED) is 0.921. The summed E-state index contributed by atoms with van der Waals surface area (Å²) in [6.07, 6.45) is 1.25. The molecule has 3 rings (SSSR count). The molecular weight excluding hydrogens is 303 g/mol.